The first kappa shape index (κ1) is 25.7. The van der Waals surface area contributed by atoms with Gasteiger partial charge in [-0.3, -0.25) is 13.9 Å². The molecule has 0 saturated carbocycles. The summed E-state index contributed by atoms with van der Waals surface area (Å²) < 4.78 is 27.8. The van der Waals surface area contributed by atoms with Crippen LogP contribution in [0.5, 0.6) is 0 Å². The van der Waals surface area contributed by atoms with Crippen molar-refractivity contribution in [3.8, 4) is 0 Å². The Morgan fingerprint density at radius 3 is 2.42 bits per heavy atom. The zero-order chi connectivity index (χ0) is 25.9. The summed E-state index contributed by atoms with van der Waals surface area (Å²) in [5.74, 6) is -0.372. The molecule has 1 unspecified atom stereocenters. The molecule has 1 aliphatic rings. The van der Waals surface area contributed by atoms with Gasteiger partial charge in [-0.15, -0.1) is 0 Å². The zero-order valence-corrected chi connectivity index (χ0v) is 21.8. The van der Waals surface area contributed by atoms with Crippen LogP contribution in [0, 0.1) is 6.92 Å². The third-order valence-electron chi connectivity index (χ3n) is 6.62. The quantitative estimate of drug-likeness (QED) is 0.441. The van der Waals surface area contributed by atoms with E-state index in [1.54, 1.807) is 24.0 Å². The van der Waals surface area contributed by atoms with Crippen LogP contribution in [0.4, 0.5) is 5.69 Å². The Balaban J connectivity index is 1.48. The highest BCUT2D eigenvalue weighted by molar-refractivity contribution is 7.93. The summed E-state index contributed by atoms with van der Waals surface area (Å²) in [6.45, 7) is 6.77. The summed E-state index contributed by atoms with van der Waals surface area (Å²) in [4.78, 5) is 28.0. The molecule has 0 radical (unpaired) electrons. The second-order valence-corrected chi connectivity index (χ2v) is 11.1. The molecule has 1 aliphatic heterocycles. The maximum absolute atomic E-state index is 13.4. The Morgan fingerprint density at radius 2 is 1.72 bits per heavy atom. The van der Waals surface area contributed by atoms with Crippen molar-refractivity contribution in [1.29, 1.82) is 0 Å². The van der Waals surface area contributed by atoms with E-state index >= 15 is 0 Å². The number of carbonyl (C=O) groups is 2. The number of amides is 2. The SMILES string of the molecule is CCCNC(=O)C(C)N(Cc1ccc(C)cc1)C(=O)CCCN1c2cccc3cccc(c23)S1(=O)=O. The highest BCUT2D eigenvalue weighted by Crippen LogP contribution is 2.42. The molecule has 1 atom stereocenters. The number of aryl methyl sites for hydroxylation is 1. The van der Waals surface area contributed by atoms with E-state index in [-0.39, 0.29) is 24.8 Å². The van der Waals surface area contributed by atoms with Crippen LogP contribution in [0.25, 0.3) is 10.8 Å². The normalized spacial score (nSPS) is 14.6. The maximum Gasteiger partial charge on any atom is 0.265 e. The van der Waals surface area contributed by atoms with Crippen LogP contribution in [0.2, 0.25) is 0 Å². The standard InChI is InChI=1S/C28H33N3O4S/c1-4-17-29-28(33)21(3)30(19-22-15-13-20(2)14-16-22)26(32)12-7-18-31-24-10-5-8-23-9-6-11-25(27(23)24)36(31,34)35/h5-6,8-11,13-16,21H,4,7,12,17-19H2,1-3H3,(H,29,33). The molecular weight excluding hydrogens is 474 g/mol. The van der Waals surface area contributed by atoms with E-state index in [1.165, 1.54) is 4.31 Å². The van der Waals surface area contributed by atoms with Crippen molar-refractivity contribution in [2.45, 2.75) is 57.5 Å². The number of nitrogens with one attached hydrogen (secondary N) is 1. The molecule has 0 aromatic heterocycles. The van der Waals surface area contributed by atoms with Crippen molar-refractivity contribution in [3.63, 3.8) is 0 Å². The molecule has 190 valence electrons. The molecule has 0 bridgehead atoms. The van der Waals surface area contributed by atoms with Crippen molar-refractivity contribution < 1.29 is 18.0 Å². The third-order valence-corrected chi connectivity index (χ3v) is 8.48. The molecular formula is C28H33N3O4S. The predicted octanol–water partition coefficient (Wildman–Crippen LogP) is 4.38. The third kappa shape index (κ3) is 5.09. The maximum atomic E-state index is 13.4. The minimum Gasteiger partial charge on any atom is -0.354 e. The summed E-state index contributed by atoms with van der Waals surface area (Å²) >= 11 is 0. The van der Waals surface area contributed by atoms with Gasteiger partial charge in [0.2, 0.25) is 11.8 Å². The Bertz CT molecular complexity index is 1360. The largest absolute Gasteiger partial charge is 0.354 e. The van der Waals surface area contributed by atoms with Crippen molar-refractivity contribution in [3.05, 3.63) is 71.8 Å². The van der Waals surface area contributed by atoms with Crippen molar-refractivity contribution in [2.24, 2.45) is 0 Å². The first-order valence-electron chi connectivity index (χ1n) is 12.4. The fourth-order valence-corrected chi connectivity index (χ4v) is 6.33. The lowest BCUT2D eigenvalue weighted by atomic mass is 10.1. The van der Waals surface area contributed by atoms with E-state index in [2.05, 4.69) is 5.32 Å². The first-order chi connectivity index (χ1) is 17.2. The van der Waals surface area contributed by atoms with Gasteiger partial charge in [0.25, 0.3) is 10.0 Å². The lowest BCUT2D eigenvalue weighted by Crippen LogP contribution is -2.47. The molecule has 0 spiro atoms. The Kier molecular flexibility index (Phi) is 7.64. The number of rotatable bonds is 10. The fraction of sp³-hybridized carbons (Fsp3) is 0.357. The summed E-state index contributed by atoms with van der Waals surface area (Å²) in [5.41, 5.74) is 2.71. The van der Waals surface area contributed by atoms with E-state index in [1.807, 2.05) is 62.4 Å². The number of sulfonamides is 1. The second kappa shape index (κ2) is 10.7. The van der Waals surface area contributed by atoms with Gasteiger partial charge in [0, 0.05) is 31.4 Å². The van der Waals surface area contributed by atoms with Crippen LogP contribution in [0.1, 0.15) is 44.2 Å². The number of anilines is 1. The number of carbonyl (C=O) groups excluding carboxylic acids is 2. The molecule has 0 saturated heterocycles. The fourth-order valence-electron chi connectivity index (χ4n) is 4.59. The van der Waals surface area contributed by atoms with Gasteiger partial charge in [-0.1, -0.05) is 61.0 Å². The topological polar surface area (TPSA) is 86.8 Å². The second-order valence-electron chi connectivity index (χ2n) is 9.29. The molecule has 0 aliphatic carbocycles. The van der Waals surface area contributed by atoms with Gasteiger partial charge in [-0.2, -0.15) is 0 Å². The van der Waals surface area contributed by atoms with Gasteiger partial charge < -0.3 is 10.2 Å². The highest BCUT2D eigenvalue weighted by atomic mass is 32.2. The van der Waals surface area contributed by atoms with E-state index in [0.717, 1.165) is 28.3 Å². The summed E-state index contributed by atoms with van der Waals surface area (Å²) in [6, 6.07) is 18.1. The molecule has 1 N–H and O–H groups in total. The summed E-state index contributed by atoms with van der Waals surface area (Å²) in [6.07, 6.45) is 1.29. The van der Waals surface area contributed by atoms with Gasteiger partial charge in [0.1, 0.15) is 6.04 Å². The smallest absolute Gasteiger partial charge is 0.265 e. The molecule has 3 aromatic carbocycles. The van der Waals surface area contributed by atoms with E-state index in [4.69, 9.17) is 0 Å². The van der Waals surface area contributed by atoms with Crippen LogP contribution in [-0.4, -0.2) is 44.3 Å². The lowest BCUT2D eigenvalue weighted by Gasteiger charge is -2.29. The molecule has 3 aromatic rings. The number of hydrogen-bond acceptors (Lipinski definition) is 4. The average molecular weight is 508 g/mol. The molecule has 8 heteroatoms. The predicted molar refractivity (Wildman–Crippen MR) is 142 cm³/mol. The van der Waals surface area contributed by atoms with Crippen LogP contribution < -0.4 is 9.62 Å². The first-order valence-corrected chi connectivity index (χ1v) is 13.8. The van der Waals surface area contributed by atoms with Gasteiger partial charge in [0.15, 0.2) is 0 Å². The van der Waals surface area contributed by atoms with Crippen LogP contribution >= 0.6 is 0 Å². The zero-order valence-electron chi connectivity index (χ0n) is 21.0. The molecule has 0 fully saturated rings. The van der Waals surface area contributed by atoms with Crippen LogP contribution in [0.15, 0.2) is 65.6 Å². The number of nitrogens with zero attached hydrogens (tertiary/aromatic N) is 2. The minimum atomic E-state index is -3.67. The number of hydrogen-bond donors (Lipinski definition) is 1. The Labute approximate surface area is 213 Å². The van der Waals surface area contributed by atoms with Gasteiger partial charge in [0.05, 0.1) is 10.6 Å². The Morgan fingerprint density at radius 1 is 1.03 bits per heavy atom. The highest BCUT2D eigenvalue weighted by Gasteiger charge is 2.35. The lowest BCUT2D eigenvalue weighted by molar-refractivity contribution is -0.140. The molecule has 2 amide bonds. The van der Waals surface area contributed by atoms with Gasteiger partial charge in [-0.25, -0.2) is 8.42 Å². The molecule has 4 rings (SSSR count). The van der Waals surface area contributed by atoms with Crippen molar-refractivity contribution in [1.82, 2.24) is 10.2 Å². The van der Waals surface area contributed by atoms with E-state index < -0.39 is 16.1 Å². The van der Waals surface area contributed by atoms with Crippen molar-refractivity contribution >= 4 is 38.3 Å². The molecule has 1 heterocycles. The van der Waals surface area contributed by atoms with E-state index in [0.29, 0.717) is 30.1 Å². The molecule has 7 nitrogen and oxygen atoms in total. The number of benzene rings is 3. The van der Waals surface area contributed by atoms with Crippen LogP contribution in [0.3, 0.4) is 0 Å². The van der Waals surface area contributed by atoms with E-state index in [9.17, 15) is 18.0 Å². The van der Waals surface area contributed by atoms with Crippen molar-refractivity contribution in [2.75, 3.05) is 17.4 Å². The average Bonchev–Trinajstić information content (AvgIpc) is 3.09. The summed E-state index contributed by atoms with van der Waals surface area (Å²) in [7, 11) is -3.67. The van der Waals surface area contributed by atoms with Crippen LogP contribution in [-0.2, 0) is 26.2 Å². The molecule has 36 heavy (non-hydrogen) atoms. The Hall–Kier alpha value is -3.39. The van der Waals surface area contributed by atoms with Gasteiger partial charge in [-0.05, 0) is 49.8 Å². The van der Waals surface area contributed by atoms with Gasteiger partial charge >= 0.3 is 0 Å². The minimum absolute atomic E-state index is 0.135. The monoisotopic (exact) mass is 507 g/mol. The summed E-state index contributed by atoms with van der Waals surface area (Å²) in [5, 5.41) is 4.48.